The van der Waals surface area contributed by atoms with E-state index in [0.29, 0.717) is 15.7 Å². The maximum Gasteiger partial charge on any atom is 0.213 e. The van der Waals surface area contributed by atoms with Crippen LogP contribution < -0.4 is 0 Å². The molecule has 0 saturated carbocycles. The largest absolute Gasteiger partial charge is 0.285 e. The highest BCUT2D eigenvalue weighted by atomic mass is 32.2. The quantitative estimate of drug-likeness (QED) is 0.542. The van der Waals surface area contributed by atoms with E-state index in [-0.39, 0.29) is 0 Å². The third kappa shape index (κ3) is 2.20. The number of H-pyrrole nitrogens is 3. The highest BCUT2D eigenvalue weighted by molar-refractivity contribution is 7.98. The maximum absolute atomic E-state index is 4.82. The molecule has 0 amide bonds. The fraction of sp³-hybridized carbons (Fsp3) is 0.333. The second-order valence-electron chi connectivity index (χ2n) is 2.61. The maximum atomic E-state index is 4.82. The Morgan fingerprint density at radius 3 is 2.79 bits per heavy atom. The molecule has 0 atom stereocenters. The van der Waals surface area contributed by atoms with Crippen molar-refractivity contribution in [2.75, 3.05) is 0 Å². The summed E-state index contributed by atoms with van der Waals surface area (Å²) in [4.78, 5) is 8.20. The molecule has 0 saturated heterocycles. The Morgan fingerprint density at radius 1 is 1.36 bits per heavy atom. The van der Waals surface area contributed by atoms with Gasteiger partial charge in [-0.15, -0.1) is 5.10 Å². The van der Waals surface area contributed by atoms with Crippen LogP contribution >= 0.6 is 24.0 Å². The Bertz CT molecular complexity index is 468. The highest BCUT2D eigenvalue weighted by Crippen LogP contribution is 2.15. The fourth-order valence-electron chi connectivity index (χ4n) is 0.892. The van der Waals surface area contributed by atoms with Crippen molar-refractivity contribution in [3.63, 3.8) is 0 Å². The lowest BCUT2D eigenvalue weighted by Crippen LogP contribution is -1.84. The normalized spacial score (nSPS) is 10.6. The standard InChI is InChI=1S/C6H8N6S2/c1-3-7-6(12-9-3)14-2-4-8-5(13)11-10-4/h2H2,1H3,(H,7,9,12)(H2,8,10,11,13). The lowest BCUT2D eigenvalue weighted by molar-refractivity contribution is 0.963. The topological polar surface area (TPSA) is 86.0 Å². The van der Waals surface area contributed by atoms with Gasteiger partial charge in [0.05, 0.1) is 5.75 Å². The summed E-state index contributed by atoms with van der Waals surface area (Å²) in [5.41, 5.74) is 0. The molecule has 2 aromatic heterocycles. The molecule has 8 heteroatoms. The van der Waals surface area contributed by atoms with Crippen molar-refractivity contribution < 1.29 is 0 Å². The highest BCUT2D eigenvalue weighted by Gasteiger charge is 2.02. The van der Waals surface area contributed by atoms with Gasteiger partial charge < -0.3 is 0 Å². The number of rotatable bonds is 3. The van der Waals surface area contributed by atoms with Crippen LogP contribution in [0.15, 0.2) is 5.16 Å². The third-order valence-electron chi connectivity index (χ3n) is 1.46. The number of nitrogens with zero attached hydrogens (tertiary/aromatic N) is 3. The zero-order chi connectivity index (χ0) is 9.97. The molecule has 74 valence electrons. The predicted octanol–water partition coefficient (Wildman–Crippen LogP) is 1.19. The minimum Gasteiger partial charge on any atom is -0.285 e. The van der Waals surface area contributed by atoms with Gasteiger partial charge in [-0.25, -0.2) is 9.97 Å². The Hall–Kier alpha value is -1.15. The number of thioether (sulfide) groups is 1. The zero-order valence-electron chi connectivity index (χ0n) is 7.37. The number of aryl methyl sites for hydroxylation is 1. The minimum atomic E-state index is 0.465. The van der Waals surface area contributed by atoms with E-state index in [4.69, 9.17) is 12.2 Å². The van der Waals surface area contributed by atoms with Gasteiger partial charge in [0, 0.05) is 0 Å². The van der Waals surface area contributed by atoms with E-state index in [1.807, 2.05) is 6.92 Å². The van der Waals surface area contributed by atoms with Crippen LogP contribution in [0.1, 0.15) is 11.6 Å². The number of hydrogen-bond donors (Lipinski definition) is 3. The van der Waals surface area contributed by atoms with Crippen LogP contribution in [0.5, 0.6) is 0 Å². The second-order valence-corrected chi connectivity index (χ2v) is 3.93. The molecule has 0 fully saturated rings. The molecule has 0 aliphatic carbocycles. The Morgan fingerprint density at radius 2 is 2.21 bits per heavy atom. The first kappa shape index (κ1) is 9.41. The molecule has 14 heavy (non-hydrogen) atoms. The molecule has 2 rings (SSSR count). The molecule has 0 unspecified atom stereocenters. The van der Waals surface area contributed by atoms with Gasteiger partial charge in [0.2, 0.25) is 9.93 Å². The number of hydrogen-bond acceptors (Lipinski definition) is 5. The van der Waals surface area contributed by atoms with Crippen molar-refractivity contribution in [3.05, 3.63) is 16.4 Å². The number of nitrogens with one attached hydrogen (secondary N) is 3. The van der Waals surface area contributed by atoms with Gasteiger partial charge in [-0.2, -0.15) is 0 Å². The monoisotopic (exact) mass is 228 g/mol. The van der Waals surface area contributed by atoms with Crippen molar-refractivity contribution >= 4 is 24.0 Å². The molecule has 3 N–H and O–H groups in total. The average Bonchev–Trinajstić information content (AvgIpc) is 2.72. The summed E-state index contributed by atoms with van der Waals surface area (Å²) in [6.45, 7) is 1.86. The van der Waals surface area contributed by atoms with Crippen LogP contribution in [0, 0.1) is 11.7 Å². The van der Waals surface area contributed by atoms with Crippen LogP contribution in [-0.4, -0.2) is 30.4 Å². The fourth-order valence-corrected chi connectivity index (χ4v) is 1.77. The SMILES string of the molecule is Cc1nc(SCc2nc(=S)[nH][nH]2)n[nH]1. The van der Waals surface area contributed by atoms with Gasteiger partial charge in [-0.3, -0.25) is 15.3 Å². The van der Waals surface area contributed by atoms with E-state index in [2.05, 4.69) is 30.4 Å². The summed E-state index contributed by atoms with van der Waals surface area (Å²) in [5, 5.41) is 13.1. The van der Waals surface area contributed by atoms with Crippen molar-refractivity contribution in [3.8, 4) is 0 Å². The smallest absolute Gasteiger partial charge is 0.213 e. The molecular formula is C6H8N6S2. The molecule has 6 nitrogen and oxygen atoms in total. The summed E-state index contributed by atoms with van der Waals surface area (Å²) in [7, 11) is 0. The van der Waals surface area contributed by atoms with E-state index in [1.165, 1.54) is 11.8 Å². The molecule has 0 aromatic carbocycles. The lowest BCUT2D eigenvalue weighted by atomic mass is 10.7. The zero-order valence-corrected chi connectivity index (χ0v) is 9.00. The lowest BCUT2D eigenvalue weighted by Gasteiger charge is -1.90. The molecule has 2 heterocycles. The Kier molecular flexibility index (Phi) is 2.64. The third-order valence-corrected chi connectivity index (χ3v) is 2.52. The molecule has 0 aliphatic rings. The summed E-state index contributed by atoms with van der Waals surface area (Å²) in [6.07, 6.45) is 0. The number of aromatic amines is 3. The van der Waals surface area contributed by atoms with Gasteiger partial charge >= 0.3 is 0 Å². The van der Waals surface area contributed by atoms with Gasteiger partial charge in [-0.05, 0) is 19.1 Å². The molecule has 0 bridgehead atoms. The molecule has 2 aromatic rings. The van der Waals surface area contributed by atoms with Crippen molar-refractivity contribution in [2.24, 2.45) is 0 Å². The van der Waals surface area contributed by atoms with Crippen LogP contribution in [0.25, 0.3) is 0 Å². The molecular weight excluding hydrogens is 220 g/mol. The molecule has 0 spiro atoms. The first-order valence-corrected chi connectivity index (χ1v) is 5.29. The van der Waals surface area contributed by atoms with Gasteiger partial charge in [0.25, 0.3) is 0 Å². The van der Waals surface area contributed by atoms with Crippen LogP contribution in [0.3, 0.4) is 0 Å². The van der Waals surface area contributed by atoms with Gasteiger partial charge in [-0.1, -0.05) is 11.8 Å². The Labute approximate surface area is 88.9 Å². The summed E-state index contributed by atoms with van der Waals surface area (Å²) in [6, 6.07) is 0. The van der Waals surface area contributed by atoms with E-state index in [1.54, 1.807) is 0 Å². The average molecular weight is 228 g/mol. The van der Waals surface area contributed by atoms with E-state index in [0.717, 1.165) is 11.6 Å². The van der Waals surface area contributed by atoms with E-state index >= 15 is 0 Å². The van der Waals surface area contributed by atoms with Crippen LogP contribution in [0.2, 0.25) is 0 Å². The summed E-state index contributed by atoms with van der Waals surface area (Å²) in [5.74, 6) is 2.27. The predicted molar refractivity (Wildman–Crippen MR) is 54.5 cm³/mol. The van der Waals surface area contributed by atoms with Crippen LogP contribution in [0.4, 0.5) is 0 Å². The van der Waals surface area contributed by atoms with Crippen LogP contribution in [-0.2, 0) is 5.75 Å². The van der Waals surface area contributed by atoms with Gasteiger partial charge in [0.15, 0.2) is 0 Å². The summed E-state index contributed by atoms with van der Waals surface area (Å²) >= 11 is 6.32. The minimum absolute atomic E-state index is 0.465. The van der Waals surface area contributed by atoms with Crippen molar-refractivity contribution in [2.45, 2.75) is 17.8 Å². The Balaban J connectivity index is 1.98. The number of aromatic nitrogens is 6. The first-order chi connectivity index (χ1) is 6.74. The molecule has 0 aliphatic heterocycles. The second kappa shape index (κ2) is 3.93. The summed E-state index contributed by atoms with van der Waals surface area (Å²) < 4.78 is 0.465. The van der Waals surface area contributed by atoms with Crippen molar-refractivity contribution in [1.82, 2.24) is 30.4 Å². The van der Waals surface area contributed by atoms with Gasteiger partial charge in [0.1, 0.15) is 11.6 Å². The van der Waals surface area contributed by atoms with E-state index < -0.39 is 0 Å². The van der Waals surface area contributed by atoms with Crippen molar-refractivity contribution in [1.29, 1.82) is 0 Å². The molecule has 0 radical (unpaired) electrons. The van der Waals surface area contributed by atoms with E-state index in [9.17, 15) is 0 Å². The first-order valence-electron chi connectivity index (χ1n) is 3.89.